The number of rotatable bonds is 3. The third kappa shape index (κ3) is 3.11. The van der Waals surface area contributed by atoms with Crippen molar-refractivity contribution >= 4 is 5.91 Å². The number of nitrogens with one attached hydrogen (secondary N) is 1. The second-order valence-electron chi connectivity index (χ2n) is 4.98. The monoisotopic (exact) mass is 251 g/mol. The molecule has 2 rings (SSSR count). The fourth-order valence-corrected chi connectivity index (χ4v) is 2.21. The largest absolute Gasteiger partial charge is 0.464 e. The lowest BCUT2D eigenvalue weighted by atomic mass is 10.2. The van der Waals surface area contributed by atoms with Crippen molar-refractivity contribution < 1.29 is 9.21 Å². The van der Waals surface area contributed by atoms with Crippen LogP contribution in [-0.4, -0.2) is 55.5 Å². The summed E-state index contributed by atoms with van der Waals surface area (Å²) in [5.41, 5.74) is 0. The quantitative estimate of drug-likeness (QED) is 0.847. The number of hydrogen-bond acceptors (Lipinski definition) is 4. The van der Waals surface area contributed by atoms with Crippen LogP contribution < -0.4 is 5.32 Å². The number of likely N-dealkylation sites (N-methyl/N-ethyl adjacent to an activating group) is 2. The summed E-state index contributed by atoms with van der Waals surface area (Å²) in [6.45, 7) is 5.05. The Morgan fingerprint density at radius 1 is 1.61 bits per heavy atom. The van der Waals surface area contributed by atoms with E-state index >= 15 is 0 Å². The van der Waals surface area contributed by atoms with Crippen LogP contribution >= 0.6 is 0 Å². The molecule has 0 bridgehead atoms. The lowest BCUT2D eigenvalue weighted by molar-refractivity contribution is -0.133. The summed E-state index contributed by atoms with van der Waals surface area (Å²) in [7, 11) is 3.85. The van der Waals surface area contributed by atoms with Crippen LogP contribution in [0, 0.1) is 6.92 Å². The smallest absolute Gasteiger partial charge is 0.241 e. The molecule has 1 fully saturated rings. The normalized spacial score (nSPS) is 20.9. The minimum atomic E-state index is -0.107. The molecule has 5 heteroatoms. The van der Waals surface area contributed by atoms with E-state index in [2.05, 4.69) is 10.2 Å². The summed E-state index contributed by atoms with van der Waals surface area (Å²) < 4.78 is 5.49. The molecular weight excluding hydrogens is 230 g/mol. The van der Waals surface area contributed by atoms with Crippen LogP contribution in [0.15, 0.2) is 16.5 Å². The molecule has 100 valence electrons. The highest BCUT2D eigenvalue weighted by Gasteiger charge is 2.26. The van der Waals surface area contributed by atoms with Gasteiger partial charge in [0.15, 0.2) is 0 Å². The summed E-state index contributed by atoms with van der Waals surface area (Å²) in [5.74, 6) is 1.82. The van der Waals surface area contributed by atoms with Crippen molar-refractivity contribution in [2.45, 2.75) is 19.5 Å². The number of hydrogen-bond donors (Lipinski definition) is 1. The summed E-state index contributed by atoms with van der Waals surface area (Å²) >= 11 is 0. The van der Waals surface area contributed by atoms with E-state index in [0.717, 1.165) is 31.2 Å². The molecule has 0 spiro atoms. The van der Waals surface area contributed by atoms with Gasteiger partial charge in [0.25, 0.3) is 0 Å². The Hall–Kier alpha value is -1.33. The molecule has 1 N–H and O–H groups in total. The van der Waals surface area contributed by atoms with E-state index in [1.807, 2.05) is 33.2 Å². The number of nitrogens with zero attached hydrogens (tertiary/aromatic N) is 2. The first-order chi connectivity index (χ1) is 8.56. The van der Waals surface area contributed by atoms with Gasteiger partial charge in [-0.25, -0.2) is 0 Å². The Labute approximate surface area is 108 Å². The predicted octanol–water partition coefficient (Wildman–Crippen LogP) is 0.450. The molecule has 1 aliphatic rings. The molecule has 2 heterocycles. The van der Waals surface area contributed by atoms with E-state index in [4.69, 9.17) is 4.42 Å². The molecule has 1 atom stereocenters. The van der Waals surface area contributed by atoms with Crippen LogP contribution in [0.3, 0.4) is 0 Å². The fraction of sp³-hybridized carbons (Fsp3) is 0.615. The van der Waals surface area contributed by atoms with Crippen molar-refractivity contribution in [3.8, 4) is 0 Å². The topological polar surface area (TPSA) is 48.7 Å². The molecule has 1 unspecified atom stereocenters. The summed E-state index contributed by atoms with van der Waals surface area (Å²) in [6.07, 6.45) is 0. The van der Waals surface area contributed by atoms with Crippen LogP contribution in [0.4, 0.5) is 0 Å². The number of furan rings is 1. The maximum Gasteiger partial charge on any atom is 0.241 e. The van der Waals surface area contributed by atoms with Gasteiger partial charge in [0, 0.05) is 26.7 Å². The van der Waals surface area contributed by atoms with E-state index < -0.39 is 0 Å². The zero-order valence-corrected chi connectivity index (χ0v) is 11.3. The average Bonchev–Trinajstić information content (AvgIpc) is 2.73. The van der Waals surface area contributed by atoms with Crippen molar-refractivity contribution in [1.82, 2.24) is 15.1 Å². The second kappa shape index (κ2) is 5.54. The first-order valence-electron chi connectivity index (χ1n) is 6.28. The van der Waals surface area contributed by atoms with Crippen LogP contribution in [-0.2, 0) is 11.3 Å². The summed E-state index contributed by atoms with van der Waals surface area (Å²) in [6, 6.07) is 3.73. The van der Waals surface area contributed by atoms with Gasteiger partial charge in [0.05, 0.1) is 12.6 Å². The van der Waals surface area contributed by atoms with Gasteiger partial charge >= 0.3 is 0 Å². The lowest BCUT2D eigenvalue weighted by Crippen LogP contribution is -2.56. The second-order valence-corrected chi connectivity index (χ2v) is 4.98. The molecule has 1 amide bonds. The van der Waals surface area contributed by atoms with Gasteiger partial charge in [0.2, 0.25) is 5.91 Å². The van der Waals surface area contributed by atoms with Crippen molar-refractivity contribution in [2.24, 2.45) is 0 Å². The van der Waals surface area contributed by atoms with E-state index in [9.17, 15) is 4.79 Å². The molecular formula is C13H21N3O2. The number of aryl methyl sites for hydroxylation is 1. The molecule has 1 aromatic heterocycles. The average molecular weight is 251 g/mol. The molecule has 0 aromatic carbocycles. The lowest BCUT2D eigenvalue weighted by Gasteiger charge is -2.32. The third-order valence-electron chi connectivity index (χ3n) is 3.24. The van der Waals surface area contributed by atoms with E-state index in [0.29, 0.717) is 6.54 Å². The Balaban J connectivity index is 1.91. The molecule has 1 saturated heterocycles. The molecule has 5 nitrogen and oxygen atoms in total. The molecule has 1 aliphatic heterocycles. The van der Waals surface area contributed by atoms with Gasteiger partial charge in [-0.2, -0.15) is 0 Å². The fourth-order valence-electron chi connectivity index (χ4n) is 2.21. The number of carbonyl (C=O) groups is 1. The van der Waals surface area contributed by atoms with Crippen molar-refractivity contribution in [3.05, 3.63) is 23.7 Å². The van der Waals surface area contributed by atoms with Crippen molar-refractivity contribution in [3.63, 3.8) is 0 Å². The molecule has 0 radical (unpaired) electrons. The van der Waals surface area contributed by atoms with Crippen LogP contribution in [0.1, 0.15) is 11.5 Å². The molecule has 0 saturated carbocycles. The zero-order valence-electron chi connectivity index (χ0n) is 11.3. The van der Waals surface area contributed by atoms with Gasteiger partial charge in [-0.15, -0.1) is 0 Å². The van der Waals surface area contributed by atoms with Gasteiger partial charge in [-0.1, -0.05) is 0 Å². The van der Waals surface area contributed by atoms with Gasteiger partial charge in [-0.05, 0) is 26.1 Å². The standard InChI is InChI=1S/C13H21N3O2/c1-10-4-5-11(18-10)8-16(3)13(17)12-9-15(2)7-6-14-12/h4-5,12,14H,6-9H2,1-3H3. The van der Waals surface area contributed by atoms with Crippen LogP contribution in [0.25, 0.3) is 0 Å². The molecule has 1 aromatic rings. The minimum Gasteiger partial charge on any atom is -0.464 e. The number of amides is 1. The molecule has 18 heavy (non-hydrogen) atoms. The zero-order chi connectivity index (χ0) is 13.1. The Kier molecular flexibility index (Phi) is 4.04. The first-order valence-corrected chi connectivity index (χ1v) is 6.28. The van der Waals surface area contributed by atoms with Gasteiger partial charge < -0.3 is 19.5 Å². The summed E-state index contributed by atoms with van der Waals surface area (Å²) in [4.78, 5) is 16.1. The van der Waals surface area contributed by atoms with Crippen LogP contribution in [0.2, 0.25) is 0 Å². The third-order valence-corrected chi connectivity index (χ3v) is 3.24. The first kappa shape index (κ1) is 13.1. The molecule has 0 aliphatic carbocycles. The van der Waals surface area contributed by atoms with Crippen molar-refractivity contribution in [2.75, 3.05) is 33.7 Å². The van der Waals surface area contributed by atoms with Crippen molar-refractivity contribution in [1.29, 1.82) is 0 Å². The highest BCUT2D eigenvalue weighted by Crippen LogP contribution is 2.10. The van der Waals surface area contributed by atoms with E-state index in [1.165, 1.54) is 0 Å². The number of piperazine rings is 1. The van der Waals surface area contributed by atoms with Crippen LogP contribution in [0.5, 0.6) is 0 Å². The summed E-state index contributed by atoms with van der Waals surface area (Å²) in [5, 5.41) is 3.26. The number of carbonyl (C=O) groups excluding carboxylic acids is 1. The van der Waals surface area contributed by atoms with Gasteiger partial charge in [0.1, 0.15) is 11.5 Å². The Morgan fingerprint density at radius 3 is 3.00 bits per heavy atom. The Bertz CT molecular complexity index is 416. The van der Waals surface area contributed by atoms with E-state index in [1.54, 1.807) is 4.90 Å². The Morgan fingerprint density at radius 2 is 2.39 bits per heavy atom. The highest BCUT2D eigenvalue weighted by atomic mass is 16.3. The maximum atomic E-state index is 12.2. The van der Waals surface area contributed by atoms with Gasteiger partial charge in [-0.3, -0.25) is 4.79 Å². The SMILES string of the molecule is Cc1ccc(CN(C)C(=O)C2CN(C)CCN2)o1. The van der Waals surface area contributed by atoms with E-state index in [-0.39, 0.29) is 11.9 Å². The predicted molar refractivity (Wildman–Crippen MR) is 69.2 cm³/mol. The highest BCUT2D eigenvalue weighted by molar-refractivity contribution is 5.82. The minimum absolute atomic E-state index is 0.107. The maximum absolute atomic E-state index is 12.2.